The summed E-state index contributed by atoms with van der Waals surface area (Å²) in [6.45, 7) is 5.83. The molecule has 0 spiro atoms. The van der Waals surface area contributed by atoms with Crippen molar-refractivity contribution in [3.05, 3.63) is 5.01 Å². The second-order valence-corrected chi connectivity index (χ2v) is 6.05. The molecule has 0 radical (unpaired) electrons. The van der Waals surface area contributed by atoms with Gasteiger partial charge in [0.2, 0.25) is 5.13 Å². The van der Waals surface area contributed by atoms with Crippen molar-refractivity contribution in [1.29, 1.82) is 0 Å². The Labute approximate surface area is 106 Å². The Hall–Kier alpha value is -0.720. The summed E-state index contributed by atoms with van der Waals surface area (Å²) in [4.78, 5) is 5.16. The van der Waals surface area contributed by atoms with E-state index in [9.17, 15) is 0 Å². The molecule has 0 amide bonds. The van der Waals surface area contributed by atoms with Crippen molar-refractivity contribution in [2.24, 2.45) is 0 Å². The lowest BCUT2D eigenvalue weighted by molar-refractivity contribution is 0.215. The molecule has 17 heavy (non-hydrogen) atoms. The summed E-state index contributed by atoms with van der Waals surface area (Å²) in [6.07, 6.45) is 3.99. The van der Waals surface area contributed by atoms with Crippen LogP contribution in [0.3, 0.4) is 0 Å². The molecule has 0 bridgehead atoms. The molecule has 1 atom stereocenters. The number of aromatic nitrogens is 2. The minimum absolute atomic E-state index is 0.581. The smallest absolute Gasteiger partial charge is 0.203 e. The van der Waals surface area contributed by atoms with Gasteiger partial charge in [0.25, 0.3) is 0 Å². The van der Waals surface area contributed by atoms with Gasteiger partial charge in [-0.2, -0.15) is 0 Å². The number of hydrogen-bond acceptors (Lipinski definition) is 6. The lowest BCUT2D eigenvalue weighted by atomic mass is 10.2. The quantitative estimate of drug-likeness (QED) is 0.844. The van der Waals surface area contributed by atoms with Crippen LogP contribution in [0.1, 0.15) is 24.3 Å². The minimum Gasteiger partial charge on any atom is -0.374 e. The number of hydrogen-bond donors (Lipinski definition) is 1. The highest BCUT2D eigenvalue weighted by molar-refractivity contribution is 7.15. The van der Waals surface area contributed by atoms with Crippen molar-refractivity contribution < 1.29 is 0 Å². The van der Waals surface area contributed by atoms with Crippen LogP contribution >= 0.6 is 11.3 Å². The molecule has 3 heterocycles. The van der Waals surface area contributed by atoms with Gasteiger partial charge < -0.3 is 5.73 Å². The van der Waals surface area contributed by atoms with Crippen molar-refractivity contribution in [2.45, 2.75) is 31.8 Å². The fraction of sp³-hybridized carbons (Fsp3) is 0.818. The second-order valence-electron chi connectivity index (χ2n) is 4.95. The van der Waals surface area contributed by atoms with E-state index in [4.69, 9.17) is 5.73 Å². The lowest BCUT2D eigenvalue weighted by Crippen LogP contribution is -2.36. The zero-order valence-electron chi connectivity index (χ0n) is 10.0. The van der Waals surface area contributed by atoms with Crippen molar-refractivity contribution in [3.63, 3.8) is 0 Å². The molecule has 5 nitrogen and oxygen atoms in total. The van der Waals surface area contributed by atoms with Gasteiger partial charge in [0.1, 0.15) is 5.01 Å². The molecule has 2 aliphatic rings. The predicted molar refractivity (Wildman–Crippen MR) is 68.8 cm³/mol. The average molecular weight is 253 g/mol. The van der Waals surface area contributed by atoms with Gasteiger partial charge in [0.15, 0.2) is 0 Å². The summed E-state index contributed by atoms with van der Waals surface area (Å²) in [5.41, 5.74) is 5.62. The number of anilines is 1. The summed E-state index contributed by atoms with van der Waals surface area (Å²) in [6, 6.07) is 0.766. The molecule has 0 saturated carbocycles. The summed E-state index contributed by atoms with van der Waals surface area (Å²) in [5, 5.41) is 9.63. The molecule has 94 valence electrons. The number of nitrogens with zero attached hydrogens (tertiary/aromatic N) is 4. The van der Waals surface area contributed by atoms with Crippen LogP contribution in [0, 0.1) is 0 Å². The Morgan fingerprint density at radius 3 is 2.94 bits per heavy atom. The summed E-state index contributed by atoms with van der Waals surface area (Å²) >= 11 is 1.51. The second kappa shape index (κ2) is 4.88. The highest BCUT2D eigenvalue weighted by Crippen LogP contribution is 2.23. The van der Waals surface area contributed by atoms with Crippen LogP contribution < -0.4 is 5.73 Å². The largest absolute Gasteiger partial charge is 0.374 e. The van der Waals surface area contributed by atoms with Crippen molar-refractivity contribution >= 4 is 16.5 Å². The Kier molecular flexibility index (Phi) is 3.26. The Morgan fingerprint density at radius 2 is 2.12 bits per heavy atom. The summed E-state index contributed by atoms with van der Waals surface area (Å²) in [7, 11) is 0. The zero-order valence-corrected chi connectivity index (χ0v) is 10.8. The Bertz CT molecular complexity index is 380. The molecule has 0 aromatic carbocycles. The van der Waals surface area contributed by atoms with Crippen LogP contribution in [0.5, 0.6) is 0 Å². The molecule has 2 saturated heterocycles. The van der Waals surface area contributed by atoms with Gasteiger partial charge in [-0.05, 0) is 38.9 Å². The van der Waals surface area contributed by atoms with E-state index < -0.39 is 0 Å². The fourth-order valence-electron chi connectivity index (χ4n) is 2.95. The standard InChI is InChI=1S/C11H19N5S/c12-11-14-13-10(17-11)8-15-4-2-6-16-5-1-3-9(16)7-15/h9H,1-8H2,(H2,12,14). The van der Waals surface area contributed by atoms with Crippen molar-refractivity contribution in [1.82, 2.24) is 20.0 Å². The molecule has 1 aromatic heterocycles. The Morgan fingerprint density at radius 1 is 1.24 bits per heavy atom. The first-order valence-electron chi connectivity index (χ1n) is 6.35. The molecule has 6 heteroatoms. The van der Waals surface area contributed by atoms with Gasteiger partial charge in [-0.25, -0.2) is 0 Å². The van der Waals surface area contributed by atoms with E-state index >= 15 is 0 Å². The maximum atomic E-state index is 5.62. The van der Waals surface area contributed by atoms with Crippen molar-refractivity contribution in [3.8, 4) is 0 Å². The third-order valence-corrected chi connectivity index (χ3v) is 4.47. The zero-order chi connectivity index (χ0) is 11.7. The maximum absolute atomic E-state index is 5.62. The van der Waals surface area contributed by atoms with E-state index in [2.05, 4.69) is 20.0 Å². The van der Waals surface area contributed by atoms with Gasteiger partial charge in [0.05, 0.1) is 6.54 Å². The van der Waals surface area contributed by atoms with Crippen LogP contribution in [-0.2, 0) is 6.54 Å². The first-order chi connectivity index (χ1) is 8.31. The molecule has 2 aliphatic heterocycles. The lowest BCUT2D eigenvalue weighted by Gasteiger charge is -2.24. The molecule has 1 unspecified atom stereocenters. The van der Waals surface area contributed by atoms with Gasteiger partial charge in [-0.1, -0.05) is 11.3 Å². The normalized spacial score (nSPS) is 26.9. The van der Waals surface area contributed by atoms with Gasteiger partial charge in [-0.15, -0.1) is 10.2 Å². The van der Waals surface area contributed by atoms with Gasteiger partial charge >= 0.3 is 0 Å². The molecular weight excluding hydrogens is 234 g/mol. The fourth-order valence-corrected chi connectivity index (χ4v) is 3.60. The highest BCUT2D eigenvalue weighted by Gasteiger charge is 2.28. The molecule has 0 aliphatic carbocycles. The van der Waals surface area contributed by atoms with E-state index in [1.807, 2.05) is 0 Å². The summed E-state index contributed by atoms with van der Waals surface area (Å²) < 4.78 is 0. The summed E-state index contributed by atoms with van der Waals surface area (Å²) in [5.74, 6) is 0. The average Bonchev–Trinajstić information content (AvgIpc) is 2.85. The Balaban J connectivity index is 1.63. The van der Waals surface area contributed by atoms with E-state index in [1.165, 1.54) is 56.8 Å². The van der Waals surface area contributed by atoms with Crippen LogP contribution in [0.25, 0.3) is 0 Å². The SMILES string of the molecule is Nc1nnc(CN2CCCN3CCCC3C2)s1. The van der Waals surface area contributed by atoms with Gasteiger partial charge in [0, 0.05) is 12.6 Å². The highest BCUT2D eigenvalue weighted by atomic mass is 32.1. The molecule has 1 aromatic rings. The van der Waals surface area contributed by atoms with E-state index in [-0.39, 0.29) is 0 Å². The first-order valence-corrected chi connectivity index (χ1v) is 7.17. The van der Waals surface area contributed by atoms with Crippen LogP contribution in [0.2, 0.25) is 0 Å². The molecule has 2 N–H and O–H groups in total. The van der Waals surface area contributed by atoms with Crippen LogP contribution in [0.4, 0.5) is 5.13 Å². The van der Waals surface area contributed by atoms with Crippen molar-refractivity contribution in [2.75, 3.05) is 31.9 Å². The monoisotopic (exact) mass is 253 g/mol. The third-order valence-electron chi connectivity index (χ3n) is 3.73. The predicted octanol–water partition coefficient (Wildman–Crippen LogP) is 0.790. The third kappa shape index (κ3) is 2.59. The number of nitrogens with two attached hydrogens (primary N) is 1. The van der Waals surface area contributed by atoms with Crippen LogP contribution in [-0.4, -0.2) is 52.2 Å². The minimum atomic E-state index is 0.581. The first kappa shape index (κ1) is 11.4. The number of rotatable bonds is 2. The molecular formula is C11H19N5S. The molecule has 2 fully saturated rings. The van der Waals surface area contributed by atoms with Gasteiger partial charge in [-0.3, -0.25) is 9.80 Å². The maximum Gasteiger partial charge on any atom is 0.203 e. The van der Waals surface area contributed by atoms with E-state index in [0.717, 1.165) is 17.6 Å². The number of fused-ring (bicyclic) bond motifs is 1. The topological polar surface area (TPSA) is 58.3 Å². The molecule has 3 rings (SSSR count). The van der Waals surface area contributed by atoms with E-state index in [0.29, 0.717) is 5.13 Å². The number of nitrogen functional groups attached to an aromatic ring is 1. The van der Waals surface area contributed by atoms with Crippen LogP contribution in [0.15, 0.2) is 0 Å². The van der Waals surface area contributed by atoms with E-state index in [1.54, 1.807) is 0 Å².